The summed E-state index contributed by atoms with van der Waals surface area (Å²) in [6, 6.07) is 2.10. The standard InChI is InChI=1S/C9H6F2N2O2S/c10-7-3-8(11)5-9(4-7)16(14,15)13-2-1-12-6-13/h1-6H. The number of rotatable bonds is 2. The van der Waals surface area contributed by atoms with Gasteiger partial charge in [-0.15, -0.1) is 0 Å². The lowest BCUT2D eigenvalue weighted by atomic mass is 10.3. The third-order valence-electron chi connectivity index (χ3n) is 1.89. The smallest absolute Gasteiger partial charge is 0.244 e. The fourth-order valence-electron chi connectivity index (χ4n) is 1.19. The third-order valence-corrected chi connectivity index (χ3v) is 3.49. The number of nitrogens with zero attached hydrogens (tertiary/aromatic N) is 2. The molecule has 1 aromatic heterocycles. The minimum Gasteiger partial charge on any atom is -0.244 e. The average molecular weight is 244 g/mol. The van der Waals surface area contributed by atoms with Crippen LogP contribution in [0, 0.1) is 11.6 Å². The first-order valence-corrected chi connectivity index (χ1v) is 5.64. The molecule has 16 heavy (non-hydrogen) atoms. The molecule has 0 fully saturated rings. The highest BCUT2D eigenvalue weighted by Gasteiger charge is 2.18. The van der Waals surface area contributed by atoms with Crippen LogP contribution in [0.3, 0.4) is 0 Å². The van der Waals surface area contributed by atoms with Gasteiger partial charge in [-0.1, -0.05) is 0 Å². The molecular formula is C9H6F2N2O2S. The van der Waals surface area contributed by atoms with Crippen LogP contribution in [0.15, 0.2) is 41.8 Å². The Labute approximate surface area is 90.2 Å². The van der Waals surface area contributed by atoms with Crippen molar-refractivity contribution in [3.63, 3.8) is 0 Å². The van der Waals surface area contributed by atoms with Gasteiger partial charge in [-0.2, -0.15) is 0 Å². The molecule has 0 amide bonds. The first-order valence-electron chi connectivity index (χ1n) is 4.20. The highest BCUT2D eigenvalue weighted by Crippen LogP contribution is 2.16. The minimum absolute atomic E-state index is 0.456. The van der Waals surface area contributed by atoms with Gasteiger partial charge in [0.25, 0.3) is 10.0 Å². The van der Waals surface area contributed by atoms with Crippen molar-refractivity contribution in [2.75, 3.05) is 0 Å². The molecule has 0 N–H and O–H groups in total. The Hall–Kier alpha value is -1.76. The van der Waals surface area contributed by atoms with E-state index in [9.17, 15) is 17.2 Å². The number of imidazole rings is 1. The van der Waals surface area contributed by atoms with E-state index in [1.54, 1.807) is 0 Å². The van der Waals surface area contributed by atoms with Crippen molar-refractivity contribution >= 4 is 10.0 Å². The van der Waals surface area contributed by atoms with E-state index in [2.05, 4.69) is 4.98 Å². The van der Waals surface area contributed by atoms with Gasteiger partial charge in [0.2, 0.25) is 0 Å². The first-order chi connectivity index (χ1) is 7.50. The zero-order valence-electron chi connectivity index (χ0n) is 7.84. The van der Waals surface area contributed by atoms with E-state index < -0.39 is 26.6 Å². The Morgan fingerprint density at radius 1 is 1.12 bits per heavy atom. The first kappa shape index (κ1) is 10.7. The van der Waals surface area contributed by atoms with E-state index >= 15 is 0 Å². The molecule has 0 saturated carbocycles. The lowest BCUT2D eigenvalue weighted by Gasteiger charge is -2.04. The Kier molecular flexibility index (Phi) is 2.47. The maximum atomic E-state index is 12.9. The Morgan fingerprint density at radius 2 is 1.75 bits per heavy atom. The van der Waals surface area contributed by atoms with Gasteiger partial charge in [-0.3, -0.25) is 0 Å². The second-order valence-corrected chi connectivity index (χ2v) is 4.85. The number of halogens is 2. The second kappa shape index (κ2) is 3.67. The molecule has 0 atom stereocenters. The molecule has 0 spiro atoms. The minimum atomic E-state index is -3.97. The van der Waals surface area contributed by atoms with Crippen LogP contribution in [0.2, 0.25) is 0 Å². The normalized spacial score (nSPS) is 11.6. The van der Waals surface area contributed by atoms with Crippen LogP contribution in [-0.4, -0.2) is 17.4 Å². The molecule has 7 heteroatoms. The van der Waals surface area contributed by atoms with Crippen LogP contribution in [0.1, 0.15) is 0 Å². The van der Waals surface area contributed by atoms with Crippen molar-refractivity contribution in [1.82, 2.24) is 8.96 Å². The topological polar surface area (TPSA) is 52.0 Å². The molecule has 0 aliphatic heterocycles. The van der Waals surface area contributed by atoms with Crippen molar-refractivity contribution in [2.24, 2.45) is 0 Å². The Balaban J connectivity index is 2.61. The van der Waals surface area contributed by atoms with E-state index in [1.165, 1.54) is 12.4 Å². The van der Waals surface area contributed by atoms with E-state index in [4.69, 9.17) is 0 Å². The van der Waals surface area contributed by atoms with Gasteiger partial charge in [0.05, 0.1) is 4.90 Å². The molecular weight excluding hydrogens is 238 g/mol. The van der Waals surface area contributed by atoms with E-state index in [1.807, 2.05) is 0 Å². The van der Waals surface area contributed by atoms with Crippen LogP contribution in [0.25, 0.3) is 0 Å². The number of hydrogen-bond donors (Lipinski definition) is 0. The van der Waals surface area contributed by atoms with Gasteiger partial charge in [0.1, 0.15) is 18.0 Å². The summed E-state index contributed by atoms with van der Waals surface area (Å²) in [6.45, 7) is 0. The molecule has 0 aliphatic carbocycles. The zero-order valence-corrected chi connectivity index (χ0v) is 8.66. The van der Waals surface area contributed by atoms with Crippen molar-refractivity contribution < 1.29 is 17.2 Å². The summed E-state index contributed by atoms with van der Waals surface area (Å²) in [6.07, 6.45) is 3.48. The lowest BCUT2D eigenvalue weighted by Crippen LogP contribution is -2.11. The van der Waals surface area contributed by atoms with E-state index in [0.717, 1.165) is 22.4 Å². The van der Waals surface area contributed by atoms with Crippen molar-refractivity contribution in [2.45, 2.75) is 4.90 Å². The molecule has 1 heterocycles. The fourth-order valence-corrected chi connectivity index (χ4v) is 2.35. The third kappa shape index (κ3) is 1.81. The summed E-state index contributed by atoms with van der Waals surface area (Å²) in [5.41, 5.74) is 0. The molecule has 0 bridgehead atoms. The van der Waals surface area contributed by atoms with Gasteiger partial charge < -0.3 is 0 Å². The van der Waals surface area contributed by atoms with E-state index in [0.29, 0.717) is 6.07 Å². The number of hydrogen-bond acceptors (Lipinski definition) is 3. The van der Waals surface area contributed by atoms with Crippen LogP contribution < -0.4 is 0 Å². The number of aromatic nitrogens is 2. The summed E-state index contributed by atoms with van der Waals surface area (Å²) in [5, 5.41) is 0. The summed E-state index contributed by atoms with van der Waals surface area (Å²) in [4.78, 5) is 3.10. The number of benzene rings is 1. The molecule has 0 unspecified atom stereocenters. The molecule has 0 aliphatic rings. The van der Waals surface area contributed by atoms with Gasteiger partial charge in [-0.25, -0.2) is 26.2 Å². The van der Waals surface area contributed by atoms with Crippen LogP contribution in [0.5, 0.6) is 0 Å². The Morgan fingerprint density at radius 3 is 2.25 bits per heavy atom. The summed E-state index contributed by atoms with van der Waals surface area (Å²) in [5.74, 6) is -1.89. The van der Waals surface area contributed by atoms with Crippen molar-refractivity contribution in [3.05, 3.63) is 48.6 Å². The SMILES string of the molecule is O=S(=O)(c1cc(F)cc(F)c1)n1ccnc1. The monoisotopic (exact) mass is 244 g/mol. The maximum Gasteiger partial charge on any atom is 0.269 e. The molecule has 84 valence electrons. The summed E-state index contributed by atoms with van der Waals surface area (Å²) < 4.78 is 50.1. The quantitative estimate of drug-likeness (QED) is 0.802. The summed E-state index contributed by atoms with van der Waals surface area (Å²) in [7, 11) is -3.97. The highest BCUT2D eigenvalue weighted by atomic mass is 32.2. The van der Waals surface area contributed by atoms with E-state index in [-0.39, 0.29) is 0 Å². The highest BCUT2D eigenvalue weighted by molar-refractivity contribution is 7.90. The van der Waals surface area contributed by atoms with Gasteiger partial charge in [-0.05, 0) is 12.1 Å². The average Bonchev–Trinajstić information content (AvgIpc) is 2.69. The van der Waals surface area contributed by atoms with Gasteiger partial charge in [0.15, 0.2) is 0 Å². The predicted octanol–water partition coefficient (Wildman–Crippen LogP) is 1.40. The largest absolute Gasteiger partial charge is 0.269 e. The van der Waals surface area contributed by atoms with Crippen LogP contribution in [0.4, 0.5) is 8.78 Å². The molecule has 2 aromatic rings. The van der Waals surface area contributed by atoms with Crippen LogP contribution >= 0.6 is 0 Å². The van der Waals surface area contributed by atoms with Crippen LogP contribution in [-0.2, 0) is 10.0 Å². The predicted molar refractivity (Wildman–Crippen MR) is 51.2 cm³/mol. The maximum absolute atomic E-state index is 12.9. The van der Waals surface area contributed by atoms with Crippen molar-refractivity contribution in [1.29, 1.82) is 0 Å². The molecule has 0 saturated heterocycles. The second-order valence-electron chi connectivity index (χ2n) is 3.00. The molecule has 1 aromatic carbocycles. The zero-order chi connectivity index (χ0) is 11.8. The lowest BCUT2D eigenvalue weighted by molar-refractivity contribution is 0.563. The molecule has 2 rings (SSSR count). The van der Waals surface area contributed by atoms with Gasteiger partial charge >= 0.3 is 0 Å². The molecule has 4 nitrogen and oxygen atoms in total. The molecule has 0 radical (unpaired) electrons. The summed E-state index contributed by atoms with van der Waals surface area (Å²) >= 11 is 0. The fraction of sp³-hybridized carbons (Fsp3) is 0. The Bertz CT molecular complexity index is 588. The van der Waals surface area contributed by atoms with Gasteiger partial charge in [0, 0.05) is 18.5 Å². The van der Waals surface area contributed by atoms with Crippen molar-refractivity contribution in [3.8, 4) is 0 Å².